The number of fused-ring (bicyclic) bond motifs is 1. The predicted octanol–water partition coefficient (Wildman–Crippen LogP) is 3.59. The zero-order valence-corrected chi connectivity index (χ0v) is 14.1. The van der Waals surface area contributed by atoms with Gasteiger partial charge in [0.2, 0.25) is 0 Å². The number of aromatic carboxylic acids is 1. The van der Waals surface area contributed by atoms with Gasteiger partial charge in [0.25, 0.3) is 5.56 Å². The normalized spacial score (nSPS) is 14.7. The molecule has 0 saturated heterocycles. The van der Waals surface area contributed by atoms with E-state index in [9.17, 15) is 27.9 Å². The summed E-state index contributed by atoms with van der Waals surface area (Å²) in [7, 11) is 0. The number of H-pyrrole nitrogens is 1. The van der Waals surface area contributed by atoms with E-state index in [1.165, 1.54) is 25.3 Å². The van der Waals surface area contributed by atoms with Gasteiger partial charge in [-0.2, -0.15) is 18.3 Å². The maximum atomic E-state index is 13.2. The first kappa shape index (κ1) is 17.3. The molecule has 1 fully saturated rings. The van der Waals surface area contributed by atoms with Crippen LogP contribution in [0.5, 0.6) is 0 Å². The van der Waals surface area contributed by atoms with Crippen LogP contribution in [0.15, 0.2) is 29.2 Å². The SMILES string of the molecule is Cc1ccc(-c2cn3nc(C(=O)O)c(C4CC4)c3c(=O)[nH]2)cc1C(F)(F)F. The molecule has 1 aliphatic carbocycles. The Kier molecular flexibility index (Phi) is 3.66. The number of aromatic nitrogens is 3. The highest BCUT2D eigenvalue weighted by Crippen LogP contribution is 2.43. The highest BCUT2D eigenvalue weighted by atomic mass is 19.4. The average Bonchev–Trinajstić information content (AvgIpc) is 3.33. The molecule has 0 atom stereocenters. The van der Waals surface area contributed by atoms with E-state index in [0.717, 1.165) is 23.4 Å². The van der Waals surface area contributed by atoms with Crippen LogP contribution >= 0.6 is 0 Å². The van der Waals surface area contributed by atoms with Crippen LogP contribution in [0.25, 0.3) is 16.8 Å². The molecule has 27 heavy (non-hydrogen) atoms. The van der Waals surface area contributed by atoms with Gasteiger partial charge in [-0.05, 0) is 37.3 Å². The molecule has 0 amide bonds. The second-order valence-corrected chi connectivity index (χ2v) is 6.66. The molecule has 2 aromatic heterocycles. The molecule has 1 saturated carbocycles. The second-order valence-electron chi connectivity index (χ2n) is 6.66. The molecule has 2 heterocycles. The molecule has 0 aliphatic heterocycles. The van der Waals surface area contributed by atoms with Crippen molar-refractivity contribution in [3.05, 3.63) is 57.1 Å². The minimum Gasteiger partial charge on any atom is -0.476 e. The van der Waals surface area contributed by atoms with Crippen molar-refractivity contribution in [2.24, 2.45) is 0 Å². The van der Waals surface area contributed by atoms with Crippen LogP contribution in [0, 0.1) is 6.92 Å². The summed E-state index contributed by atoms with van der Waals surface area (Å²) in [6.07, 6.45) is -1.63. The average molecular weight is 377 g/mol. The molecule has 9 heteroatoms. The Balaban J connectivity index is 1.93. The third-order valence-electron chi connectivity index (χ3n) is 4.70. The number of halogens is 3. The molecule has 4 rings (SSSR count). The summed E-state index contributed by atoms with van der Waals surface area (Å²) in [6, 6.07) is 3.74. The van der Waals surface area contributed by atoms with E-state index < -0.39 is 23.3 Å². The lowest BCUT2D eigenvalue weighted by atomic mass is 10.0. The molecule has 1 aliphatic rings. The molecule has 0 spiro atoms. The summed E-state index contributed by atoms with van der Waals surface area (Å²) < 4.78 is 40.6. The van der Waals surface area contributed by atoms with Gasteiger partial charge in [-0.15, -0.1) is 0 Å². The Hall–Kier alpha value is -3.10. The van der Waals surface area contributed by atoms with Crippen molar-refractivity contribution in [1.29, 1.82) is 0 Å². The molecule has 140 valence electrons. The van der Waals surface area contributed by atoms with Gasteiger partial charge in [0.1, 0.15) is 5.52 Å². The van der Waals surface area contributed by atoms with Crippen molar-refractivity contribution in [2.75, 3.05) is 0 Å². The third kappa shape index (κ3) is 2.88. The lowest BCUT2D eigenvalue weighted by molar-refractivity contribution is -0.138. The predicted molar refractivity (Wildman–Crippen MR) is 89.9 cm³/mol. The molecule has 1 aromatic carbocycles. The number of hydrogen-bond donors (Lipinski definition) is 2. The van der Waals surface area contributed by atoms with Crippen LogP contribution in [0.1, 0.15) is 45.9 Å². The number of aromatic amines is 1. The summed E-state index contributed by atoms with van der Waals surface area (Å²) >= 11 is 0. The number of carboxylic acid groups (broad SMARTS) is 1. The number of alkyl halides is 3. The van der Waals surface area contributed by atoms with Crippen LogP contribution in [0.3, 0.4) is 0 Å². The summed E-state index contributed by atoms with van der Waals surface area (Å²) in [5, 5.41) is 13.3. The van der Waals surface area contributed by atoms with Crippen molar-refractivity contribution in [2.45, 2.75) is 31.9 Å². The molecule has 0 bridgehead atoms. The molecule has 0 radical (unpaired) electrons. The monoisotopic (exact) mass is 377 g/mol. The first-order chi connectivity index (χ1) is 12.7. The number of carbonyl (C=O) groups is 1. The fraction of sp³-hybridized carbons (Fsp3) is 0.278. The second kappa shape index (κ2) is 5.70. The van der Waals surface area contributed by atoms with Crippen LogP contribution < -0.4 is 5.56 Å². The van der Waals surface area contributed by atoms with Gasteiger partial charge in [0.15, 0.2) is 5.69 Å². The number of benzene rings is 1. The quantitative estimate of drug-likeness (QED) is 0.730. The molecule has 3 aromatic rings. The van der Waals surface area contributed by atoms with Crippen molar-refractivity contribution < 1.29 is 23.1 Å². The molecule has 6 nitrogen and oxygen atoms in total. The lowest BCUT2D eigenvalue weighted by Crippen LogP contribution is -2.13. The fourth-order valence-corrected chi connectivity index (χ4v) is 3.26. The van der Waals surface area contributed by atoms with E-state index >= 15 is 0 Å². The number of aryl methyl sites for hydroxylation is 1. The van der Waals surface area contributed by atoms with Crippen LogP contribution in [0.2, 0.25) is 0 Å². The Bertz CT molecular complexity index is 1140. The highest BCUT2D eigenvalue weighted by Gasteiger charge is 2.35. The maximum absolute atomic E-state index is 13.2. The number of hydrogen-bond acceptors (Lipinski definition) is 3. The molecule has 2 N–H and O–H groups in total. The third-order valence-corrected chi connectivity index (χ3v) is 4.70. The minimum atomic E-state index is -4.52. The number of carboxylic acids is 1. The standard InChI is InChI=1S/C18H14F3N3O3/c1-8-2-3-10(6-11(8)18(19,20)21)12-7-24-15(16(25)22-12)13(9-4-5-9)14(23-24)17(26)27/h2-3,6-7,9H,4-5H2,1H3,(H,22,25)(H,26,27). The zero-order valence-electron chi connectivity index (χ0n) is 14.1. The van der Waals surface area contributed by atoms with Gasteiger partial charge < -0.3 is 10.1 Å². The summed E-state index contributed by atoms with van der Waals surface area (Å²) in [5.41, 5.74) is -0.711. The van der Waals surface area contributed by atoms with Crippen LogP contribution in [-0.2, 0) is 6.18 Å². The summed E-state index contributed by atoms with van der Waals surface area (Å²) in [5.74, 6) is -1.27. The van der Waals surface area contributed by atoms with Gasteiger partial charge in [0, 0.05) is 11.1 Å². The Labute approximate surface area is 150 Å². The Morgan fingerprint density at radius 3 is 2.63 bits per heavy atom. The van der Waals surface area contributed by atoms with E-state index in [2.05, 4.69) is 10.1 Å². The van der Waals surface area contributed by atoms with Crippen molar-refractivity contribution in [3.8, 4) is 11.3 Å². The van der Waals surface area contributed by atoms with Gasteiger partial charge in [0.05, 0.1) is 17.5 Å². The number of nitrogens with zero attached hydrogens (tertiary/aromatic N) is 2. The summed E-state index contributed by atoms with van der Waals surface area (Å²) in [6.45, 7) is 1.35. The van der Waals surface area contributed by atoms with Crippen molar-refractivity contribution in [3.63, 3.8) is 0 Å². The fourth-order valence-electron chi connectivity index (χ4n) is 3.26. The zero-order chi connectivity index (χ0) is 19.5. The largest absolute Gasteiger partial charge is 0.476 e. The van der Waals surface area contributed by atoms with Gasteiger partial charge in [-0.25, -0.2) is 9.31 Å². The maximum Gasteiger partial charge on any atom is 0.416 e. The number of rotatable bonds is 3. The van der Waals surface area contributed by atoms with E-state index in [4.69, 9.17) is 0 Å². The molecule has 0 unspecified atom stereocenters. The Morgan fingerprint density at radius 2 is 2.04 bits per heavy atom. The molecular weight excluding hydrogens is 363 g/mol. The lowest BCUT2D eigenvalue weighted by Gasteiger charge is -2.12. The van der Waals surface area contributed by atoms with Gasteiger partial charge in [-0.3, -0.25) is 4.79 Å². The smallest absolute Gasteiger partial charge is 0.416 e. The topological polar surface area (TPSA) is 87.5 Å². The Morgan fingerprint density at radius 1 is 1.33 bits per heavy atom. The molecular formula is C18H14F3N3O3. The number of nitrogens with one attached hydrogen (secondary N) is 1. The minimum absolute atomic E-state index is 0.0308. The van der Waals surface area contributed by atoms with E-state index in [1.807, 2.05) is 0 Å². The van der Waals surface area contributed by atoms with Crippen LogP contribution in [-0.4, -0.2) is 25.7 Å². The summed E-state index contributed by atoms with van der Waals surface area (Å²) in [4.78, 5) is 26.6. The van der Waals surface area contributed by atoms with Crippen LogP contribution in [0.4, 0.5) is 13.2 Å². The van der Waals surface area contributed by atoms with Crippen molar-refractivity contribution in [1.82, 2.24) is 14.6 Å². The van der Waals surface area contributed by atoms with Crippen molar-refractivity contribution >= 4 is 11.5 Å². The van der Waals surface area contributed by atoms with E-state index in [-0.39, 0.29) is 33.9 Å². The van der Waals surface area contributed by atoms with E-state index in [1.54, 1.807) is 0 Å². The van der Waals surface area contributed by atoms with Gasteiger partial charge >= 0.3 is 12.1 Å². The first-order valence-corrected chi connectivity index (χ1v) is 8.24. The first-order valence-electron chi connectivity index (χ1n) is 8.24. The van der Waals surface area contributed by atoms with E-state index in [0.29, 0.717) is 5.56 Å². The van der Waals surface area contributed by atoms with Gasteiger partial charge in [-0.1, -0.05) is 12.1 Å². The highest BCUT2D eigenvalue weighted by molar-refractivity contribution is 5.90.